The molecule has 0 unspecified atom stereocenters. The summed E-state index contributed by atoms with van der Waals surface area (Å²) < 4.78 is 10.6. The van der Waals surface area contributed by atoms with E-state index in [0.717, 1.165) is 12.8 Å². The summed E-state index contributed by atoms with van der Waals surface area (Å²) in [5.41, 5.74) is 3.12. The molecule has 5 heteroatoms. The summed E-state index contributed by atoms with van der Waals surface area (Å²) in [7, 11) is 3.11. The standard InChI is InChI=1S/C24H32N2O3/c1-28-22-11-7-10-21(23(22)29-2)24(27)25-16-8-9-19-12-14-20(15-13-19)26-17-5-3-4-6-18-26/h7,10-15H,3-6,8-9,16-18H2,1-2H3,(H,25,27). The number of carbonyl (C=O) groups is 1. The summed E-state index contributed by atoms with van der Waals surface area (Å²) in [5.74, 6) is 0.888. The molecule has 0 spiro atoms. The number of methoxy groups -OCH3 is 2. The van der Waals surface area contributed by atoms with Crippen LogP contribution >= 0.6 is 0 Å². The van der Waals surface area contributed by atoms with Crippen molar-refractivity contribution in [2.45, 2.75) is 38.5 Å². The van der Waals surface area contributed by atoms with Gasteiger partial charge in [0.05, 0.1) is 19.8 Å². The van der Waals surface area contributed by atoms with Gasteiger partial charge in [0.2, 0.25) is 0 Å². The van der Waals surface area contributed by atoms with Gasteiger partial charge in [0.15, 0.2) is 11.5 Å². The number of amides is 1. The fourth-order valence-corrected chi connectivity index (χ4v) is 3.86. The predicted octanol–water partition coefficient (Wildman–Crippen LogP) is 4.45. The number of hydrogen-bond acceptors (Lipinski definition) is 4. The molecule has 0 aromatic heterocycles. The van der Waals surface area contributed by atoms with Gasteiger partial charge in [-0.05, 0) is 55.5 Å². The number of rotatable bonds is 8. The zero-order chi connectivity index (χ0) is 20.5. The number of nitrogens with one attached hydrogen (secondary N) is 1. The van der Waals surface area contributed by atoms with Crippen LogP contribution in [-0.4, -0.2) is 39.8 Å². The van der Waals surface area contributed by atoms with E-state index in [1.54, 1.807) is 32.4 Å². The maximum absolute atomic E-state index is 12.5. The number of hydrogen-bond donors (Lipinski definition) is 1. The van der Waals surface area contributed by atoms with Gasteiger partial charge < -0.3 is 19.7 Å². The van der Waals surface area contributed by atoms with Gasteiger partial charge in [0.25, 0.3) is 5.91 Å². The highest BCUT2D eigenvalue weighted by atomic mass is 16.5. The molecule has 2 aromatic carbocycles. The van der Waals surface area contributed by atoms with Crippen LogP contribution in [0, 0.1) is 0 Å². The van der Waals surface area contributed by atoms with Crippen LogP contribution in [0.2, 0.25) is 0 Å². The molecule has 1 fully saturated rings. The number of anilines is 1. The molecule has 5 nitrogen and oxygen atoms in total. The Morgan fingerprint density at radius 2 is 1.69 bits per heavy atom. The molecule has 156 valence electrons. The quantitative estimate of drug-likeness (QED) is 0.670. The summed E-state index contributed by atoms with van der Waals surface area (Å²) in [4.78, 5) is 15.0. The predicted molar refractivity (Wildman–Crippen MR) is 117 cm³/mol. The molecule has 0 saturated carbocycles. The van der Waals surface area contributed by atoms with Crippen LogP contribution in [0.4, 0.5) is 5.69 Å². The van der Waals surface area contributed by atoms with Gasteiger partial charge >= 0.3 is 0 Å². The maximum atomic E-state index is 12.5. The van der Waals surface area contributed by atoms with Crippen LogP contribution in [0.1, 0.15) is 48.0 Å². The SMILES string of the molecule is COc1cccc(C(=O)NCCCc2ccc(N3CCCCCC3)cc2)c1OC. The number of benzene rings is 2. The molecule has 1 aliphatic heterocycles. The minimum atomic E-state index is -0.141. The normalized spacial score (nSPS) is 14.2. The summed E-state index contributed by atoms with van der Waals surface area (Å²) in [6, 6.07) is 14.2. The first-order valence-electron chi connectivity index (χ1n) is 10.6. The van der Waals surface area contributed by atoms with Crippen molar-refractivity contribution in [1.82, 2.24) is 5.32 Å². The lowest BCUT2D eigenvalue weighted by molar-refractivity contribution is 0.0949. The topological polar surface area (TPSA) is 50.8 Å². The monoisotopic (exact) mass is 396 g/mol. The lowest BCUT2D eigenvalue weighted by Gasteiger charge is -2.22. The summed E-state index contributed by atoms with van der Waals surface area (Å²) in [6.45, 7) is 2.95. The van der Waals surface area contributed by atoms with Gasteiger partial charge in [0.1, 0.15) is 0 Å². The molecule has 3 rings (SSSR count). The minimum absolute atomic E-state index is 0.141. The number of aryl methyl sites for hydroxylation is 1. The van der Waals surface area contributed by atoms with E-state index in [0.29, 0.717) is 23.6 Å². The highest BCUT2D eigenvalue weighted by Crippen LogP contribution is 2.30. The van der Waals surface area contributed by atoms with Crippen LogP contribution in [0.15, 0.2) is 42.5 Å². The second kappa shape index (κ2) is 10.7. The third-order valence-electron chi connectivity index (χ3n) is 5.48. The van der Waals surface area contributed by atoms with E-state index in [1.807, 2.05) is 0 Å². The Bertz CT molecular complexity index is 781. The van der Waals surface area contributed by atoms with Crippen LogP contribution in [-0.2, 0) is 6.42 Å². The van der Waals surface area contributed by atoms with E-state index in [4.69, 9.17) is 9.47 Å². The van der Waals surface area contributed by atoms with E-state index in [2.05, 4.69) is 34.5 Å². The van der Waals surface area contributed by atoms with E-state index in [-0.39, 0.29) is 5.91 Å². The van der Waals surface area contributed by atoms with Gasteiger partial charge in [-0.3, -0.25) is 4.79 Å². The van der Waals surface area contributed by atoms with Gasteiger partial charge in [-0.15, -0.1) is 0 Å². The molecule has 1 saturated heterocycles. The van der Waals surface area contributed by atoms with E-state index < -0.39 is 0 Å². The van der Waals surface area contributed by atoms with E-state index in [9.17, 15) is 4.79 Å². The highest BCUT2D eigenvalue weighted by molar-refractivity contribution is 5.97. The molecular formula is C24H32N2O3. The number of carbonyl (C=O) groups excluding carboxylic acids is 1. The van der Waals surface area contributed by atoms with Crippen molar-refractivity contribution < 1.29 is 14.3 Å². The maximum Gasteiger partial charge on any atom is 0.255 e. The molecule has 0 radical (unpaired) electrons. The Labute approximate surface area is 174 Å². The van der Waals surface area contributed by atoms with Crippen molar-refractivity contribution in [2.75, 3.05) is 38.8 Å². The Morgan fingerprint density at radius 3 is 2.34 bits per heavy atom. The molecule has 1 aliphatic rings. The van der Waals surface area contributed by atoms with Crippen molar-refractivity contribution in [2.24, 2.45) is 0 Å². The molecule has 1 N–H and O–H groups in total. The third kappa shape index (κ3) is 5.66. The molecule has 0 bridgehead atoms. The van der Waals surface area contributed by atoms with Gasteiger partial charge in [-0.2, -0.15) is 0 Å². The number of ether oxygens (including phenoxy) is 2. The van der Waals surface area contributed by atoms with E-state index in [1.165, 1.54) is 50.0 Å². The molecule has 29 heavy (non-hydrogen) atoms. The largest absolute Gasteiger partial charge is 0.493 e. The smallest absolute Gasteiger partial charge is 0.255 e. The van der Waals surface area contributed by atoms with Crippen molar-refractivity contribution in [3.63, 3.8) is 0 Å². The number of nitrogens with zero attached hydrogens (tertiary/aromatic N) is 1. The van der Waals surface area contributed by atoms with Crippen molar-refractivity contribution >= 4 is 11.6 Å². The zero-order valence-electron chi connectivity index (χ0n) is 17.6. The van der Waals surface area contributed by atoms with Crippen LogP contribution in [0.3, 0.4) is 0 Å². The molecular weight excluding hydrogens is 364 g/mol. The second-order valence-electron chi connectivity index (χ2n) is 7.47. The molecule has 0 aliphatic carbocycles. The minimum Gasteiger partial charge on any atom is -0.493 e. The summed E-state index contributed by atoms with van der Waals surface area (Å²) in [5, 5.41) is 2.98. The fourth-order valence-electron chi connectivity index (χ4n) is 3.86. The Morgan fingerprint density at radius 1 is 0.966 bits per heavy atom. The number of para-hydroxylation sites is 1. The van der Waals surface area contributed by atoms with Crippen molar-refractivity contribution in [1.29, 1.82) is 0 Å². The van der Waals surface area contributed by atoms with Crippen LogP contribution in [0.25, 0.3) is 0 Å². The Hall–Kier alpha value is -2.69. The molecule has 1 heterocycles. The summed E-state index contributed by atoms with van der Waals surface area (Å²) >= 11 is 0. The first-order valence-corrected chi connectivity index (χ1v) is 10.6. The lowest BCUT2D eigenvalue weighted by atomic mass is 10.1. The highest BCUT2D eigenvalue weighted by Gasteiger charge is 2.15. The van der Waals surface area contributed by atoms with E-state index >= 15 is 0 Å². The molecule has 0 atom stereocenters. The van der Waals surface area contributed by atoms with Crippen molar-refractivity contribution in [3.05, 3.63) is 53.6 Å². The summed E-state index contributed by atoms with van der Waals surface area (Å²) in [6.07, 6.45) is 7.11. The Kier molecular flexibility index (Phi) is 7.79. The molecule has 2 aromatic rings. The zero-order valence-corrected chi connectivity index (χ0v) is 17.6. The van der Waals surface area contributed by atoms with Crippen molar-refractivity contribution in [3.8, 4) is 11.5 Å². The fraction of sp³-hybridized carbons (Fsp3) is 0.458. The third-order valence-corrected chi connectivity index (χ3v) is 5.48. The average molecular weight is 397 g/mol. The van der Waals surface area contributed by atoms with Crippen LogP contribution in [0.5, 0.6) is 11.5 Å². The first kappa shape index (κ1) is 21.0. The van der Waals surface area contributed by atoms with Gasteiger partial charge in [-0.1, -0.05) is 31.0 Å². The van der Waals surface area contributed by atoms with Gasteiger partial charge in [0, 0.05) is 25.3 Å². The first-order chi connectivity index (χ1) is 14.2. The second-order valence-corrected chi connectivity index (χ2v) is 7.47. The lowest BCUT2D eigenvalue weighted by Crippen LogP contribution is -2.25. The van der Waals surface area contributed by atoms with Crippen LogP contribution < -0.4 is 19.7 Å². The Balaban J connectivity index is 1.47. The van der Waals surface area contributed by atoms with Gasteiger partial charge in [-0.25, -0.2) is 0 Å². The average Bonchev–Trinajstić information content (AvgIpc) is 3.06. The molecule has 1 amide bonds.